The summed E-state index contributed by atoms with van der Waals surface area (Å²) < 4.78 is 17.7. The first-order valence-corrected chi connectivity index (χ1v) is 15.7. The minimum absolute atomic E-state index is 0.0329. The molecular formula is C38H47NO6. The van der Waals surface area contributed by atoms with Crippen molar-refractivity contribution in [1.82, 2.24) is 4.90 Å². The Morgan fingerprint density at radius 3 is 1.58 bits per heavy atom. The predicted octanol–water partition coefficient (Wildman–Crippen LogP) is 7.02. The second-order valence-electron chi connectivity index (χ2n) is 13.1. The van der Waals surface area contributed by atoms with E-state index in [1.165, 1.54) is 0 Å². The van der Waals surface area contributed by atoms with Gasteiger partial charge in [-0.25, -0.2) is 0 Å². The minimum atomic E-state index is -1.60. The molecule has 7 nitrogen and oxygen atoms in total. The molecule has 0 saturated heterocycles. The maximum Gasteiger partial charge on any atom is 0.324 e. The van der Waals surface area contributed by atoms with Gasteiger partial charge in [0, 0.05) is 37.6 Å². The van der Waals surface area contributed by atoms with Crippen LogP contribution in [0.2, 0.25) is 0 Å². The largest absolute Gasteiger partial charge is 0.460 e. The highest BCUT2D eigenvalue weighted by Crippen LogP contribution is 2.47. The number of carbonyl (C=O) groups is 3. The predicted molar refractivity (Wildman–Crippen MR) is 175 cm³/mol. The molecule has 3 aromatic carbocycles. The Balaban J connectivity index is 1.85. The third-order valence-electron chi connectivity index (χ3n) is 9.11. The van der Waals surface area contributed by atoms with Crippen molar-refractivity contribution >= 4 is 17.8 Å². The first-order chi connectivity index (χ1) is 21.2. The maximum absolute atomic E-state index is 14.4. The second-order valence-corrected chi connectivity index (χ2v) is 13.1. The van der Waals surface area contributed by atoms with Gasteiger partial charge in [-0.2, -0.15) is 0 Å². The number of benzene rings is 3. The highest BCUT2D eigenvalue weighted by atomic mass is 16.6. The number of rotatable bonds is 11. The zero-order valence-corrected chi connectivity index (χ0v) is 28.2. The molecule has 0 spiro atoms. The fourth-order valence-corrected chi connectivity index (χ4v) is 6.68. The monoisotopic (exact) mass is 613 g/mol. The van der Waals surface area contributed by atoms with Crippen LogP contribution in [0.25, 0.3) is 0 Å². The molecule has 3 aromatic rings. The molecule has 240 valence electrons. The van der Waals surface area contributed by atoms with E-state index in [0.717, 1.165) is 38.9 Å². The summed E-state index contributed by atoms with van der Waals surface area (Å²) in [5.74, 6) is -1.36. The van der Waals surface area contributed by atoms with Crippen molar-refractivity contribution in [1.29, 1.82) is 0 Å². The van der Waals surface area contributed by atoms with E-state index in [1.54, 1.807) is 7.11 Å². The molecule has 0 aliphatic heterocycles. The van der Waals surface area contributed by atoms with Gasteiger partial charge in [0.25, 0.3) is 5.91 Å². The van der Waals surface area contributed by atoms with Crippen molar-refractivity contribution in [2.75, 3.05) is 7.11 Å². The zero-order chi connectivity index (χ0) is 33.1. The average Bonchev–Trinajstić information content (AvgIpc) is 3.44. The Hall–Kier alpha value is -3.97. The topological polar surface area (TPSA) is 82.1 Å². The molecule has 0 radical (unpaired) electrons. The molecule has 0 heterocycles. The molecule has 4 rings (SSSR count). The molecule has 7 heteroatoms. The third-order valence-corrected chi connectivity index (χ3v) is 9.11. The van der Waals surface area contributed by atoms with E-state index in [9.17, 15) is 14.4 Å². The molecule has 0 aromatic heterocycles. The Bertz CT molecular complexity index is 1480. The average molecular weight is 614 g/mol. The zero-order valence-electron chi connectivity index (χ0n) is 28.2. The van der Waals surface area contributed by atoms with E-state index < -0.39 is 23.0 Å². The van der Waals surface area contributed by atoms with Gasteiger partial charge in [-0.15, -0.1) is 0 Å². The number of amides is 1. The quantitative estimate of drug-likeness (QED) is 0.171. The van der Waals surface area contributed by atoms with Crippen LogP contribution in [0, 0.1) is 19.3 Å². The van der Waals surface area contributed by atoms with Crippen LogP contribution in [0.1, 0.15) is 90.8 Å². The number of fused-ring (bicyclic) bond motifs is 1. The fraction of sp³-hybridized carbons (Fsp3) is 0.447. The Morgan fingerprint density at radius 2 is 1.18 bits per heavy atom. The number of carbonyl (C=O) groups excluding carboxylic acids is 3. The normalized spacial score (nSPS) is 13.9. The Morgan fingerprint density at radius 1 is 0.756 bits per heavy atom. The SMILES string of the molecule is COC(C)(C)c1c(C)c2c(c(C)c1C(=O)N(C(C)C)C(C)C)CC(C(=O)OCc1ccccc1)(C(=O)OCc1ccccc1)C2. The molecule has 0 fully saturated rings. The van der Waals surface area contributed by atoms with Gasteiger partial charge in [-0.1, -0.05) is 60.7 Å². The van der Waals surface area contributed by atoms with E-state index >= 15 is 0 Å². The van der Waals surface area contributed by atoms with Gasteiger partial charge in [0.15, 0.2) is 5.41 Å². The van der Waals surface area contributed by atoms with E-state index in [4.69, 9.17) is 14.2 Å². The molecule has 1 amide bonds. The first-order valence-electron chi connectivity index (χ1n) is 15.7. The molecule has 1 aliphatic rings. The Labute approximate surface area is 267 Å². The maximum atomic E-state index is 14.4. The lowest BCUT2D eigenvalue weighted by Crippen LogP contribution is -2.43. The molecule has 0 atom stereocenters. The molecular weight excluding hydrogens is 566 g/mol. The van der Waals surface area contributed by atoms with Crippen LogP contribution >= 0.6 is 0 Å². The van der Waals surface area contributed by atoms with Gasteiger partial charge >= 0.3 is 11.9 Å². The number of methoxy groups -OCH3 is 1. The van der Waals surface area contributed by atoms with Crippen molar-refractivity contribution in [3.63, 3.8) is 0 Å². The summed E-state index contributed by atoms with van der Waals surface area (Å²) >= 11 is 0. The van der Waals surface area contributed by atoms with Gasteiger partial charge in [0.2, 0.25) is 0 Å². The van der Waals surface area contributed by atoms with Crippen molar-refractivity contribution < 1.29 is 28.6 Å². The van der Waals surface area contributed by atoms with Crippen molar-refractivity contribution in [2.24, 2.45) is 5.41 Å². The molecule has 0 saturated carbocycles. The van der Waals surface area contributed by atoms with Crippen LogP contribution in [0.4, 0.5) is 0 Å². The smallest absolute Gasteiger partial charge is 0.324 e. The lowest BCUT2D eigenvalue weighted by atomic mass is 9.81. The van der Waals surface area contributed by atoms with Crippen LogP contribution in [0.15, 0.2) is 60.7 Å². The first kappa shape index (κ1) is 33.9. The molecule has 0 bridgehead atoms. The van der Waals surface area contributed by atoms with Gasteiger partial charge in [-0.3, -0.25) is 14.4 Å². The van der Waals surface area contributed by atoms with Crippen LogP contribution in [0.5, 0.6) is 0 Å². The van der Waals surface area contributed by atoms with Crippen molar-refractivity contribution in [2.45, 2.75) is 99.1 Å². The van der Waals surface area contributed by atoms with Gasteiger partial charge < -0.3 is 19.1 Å². The van der Waals surface area contributed by atoms with Crippen molar-refractivity contribution in [3.8, 4) is 0 Å². The summed E-state index contributed by atoms with van der Waals surface area (Å²) in [6.07, 6.45) is 0.184. The molecule has 1 aliphatic carbocycles. The van der Waals surface area contributed by atoms with Crippen molar-refractivity contribution in [3.05, 3.63) is 105 Å². The number of nitrogens with zero attached hydrogens (tertiary/aromatic N) is 1. The van der Waals surface area contributed by atoms with Crippen LogP contribution in [0.3, 0.4) is 0 Å². The van der Waals surface area contributed by atoms with Gasteiger partial charge in [0.1, 0.15) is 13.2 Å². The number of hydrogen-bond acceptors (Lipinski definition) is 6. The van der Waals surface area contributed by atoms with Gasteiger partial charge in [-0.05, 0) is 94.3 Å². The molecule has 45 heavy (non-hydrogen) atoms. The van der Waals surface area contributed by atoms with Crippen LogP contribution < -0.4 is 0 Å². The number of hydrogen-bond donors (Lipinski definition) is 0. The standard InChI is InChI=1S/C38H47NO6/c1-24(2)39(25(3)4)34(40)32-26(5)30-20-38(35(41)44-22-28-16-12-10-13-17-28,36(42)45-23-29-18-14-11-15-19-29)21-31(30)27(6)33(32)37(7,8)43-9/h10-19,24-25H,20-23H2,1-9H3. The summed E-state index contributed by atoms with van der Waals surface area (Å²) in [4.78, 5) is 44.5. The summed E-state index contributed by atoms with van der Waals surface area (Å²) in [6, 6.07) is 18.7. The van der Waals surface area contributed by atoms with Gasteiger partial charge in [0.05, 0.1) is 5.60 Å². The number of ether oxygens (including phenoxy) is 3. The van der Waals surface area contributed by atoms with Crippen LogP contribution in [-0.2, 0) is 55.5 Å². The number of esters is 2. The summed E-state index contributed by atoms with van der Waals surface area (Å²) in [7, 11) is 1.63. The van der Waals surface area contributed by atoms with E-state index in [2.05, 4.69) is 0 Å². The lowest BCUT2D eigenvalue weighted by Gasteiger charge is -2.36. The lowest BCUT2D eigenvalue weighted by molar-refractivity contribution is -0.173. The summed E-state index contributed by atoms with van der Waals surface area (Å²) in [5.41, 5.74) is 3.81. The summed E-state index contributed by atoms with van der Waals surface area (Å²) in [6.45, 7) is 15.8. The van der Waals surface area contributed by atoms with E-state index in [-0.39, 0.29) is 44.0 Å². The summed E-state index contributed by atoms with van der Waals surface area (Å²) in [5, 5.41) is 0. The highest BCUT2D eigenvalue weighted by molar-refractivity contribution is 6.03. The van der Waals surface area contributed by atoms with Crippen LogP contribution in [-0.4, -0.2) is 41.9 Å². The molecule has 0 unspecified atom stereocenters. The van der Waals surface area contributed by atoms with E-state index in [0.29, 0.717) is 5.56 Å². The fourth-order valence-electron chi connectivity index (χ4n) is 6.68. The highest BCUT2D eigenvalue weighted by Gasteiger charge is 2.55. The minimum Gasteiger partial charge on any atom is -0.460 e. The third kappa shape index (κ3) is 6.69. The van der Waals surface area contributed by atoms with E-state index in [1.807, 2.05) is 121 Å². The molecule has 0 N–H and O–H groups in total. The second kappa shape index (κ2) is 13.6. The Kier molecular flexibility index (Phi) is 10.2.